The lowest BCUT2D eigenvalue weighted by molar-refractivity contribution is -0.137. The van der Waals surface area contributed by atoms with Crippen molar-refractivity contribution in [3.63, 3.8) is 0 Å². The Hall–Kier alpha value is -2.46. The molecular weight excluding hydrogens is 337 g/mol. The summed E-state index contributed by atoms with van der Waals surface area (Å²) in [5.74, 6) is -0.373. The van der Waals surface area contributed by atoms with Crippen molar-refractivity contribution in [3.05, 3.63) is 36.4 Å². The number of rotatable bonds is 4. The highest BCUT2D eigenvalue weighted by Gasteiger charge is 2.31. The summed E-state index contributed by atoms with van der Waals surface area (Å²) >= 11 is 0. The number of carbonyl (C=O) groups is 1. The smallest absolute Gasteiger partial charge is 0.323 e. The lowest BCUT2D eigenvalue weighted by Crippen LogP contribution is -2.46. The zero-order chi connectivity index (χ0) is 17.9. The van der Waals surface area contributed by atoms with E-state index in [0.717, 1.165) is 25.2 Å². The molecule has 25 heavy (non-hydrogen) atoms. The molecule has 0 radical (unpaired) electrons. The monoisotopic (exact) mass is 354 g/mol. The van der Waals surface area contributed by atoms with Gasteiger partial charge in [0.25, 0.3) is 0 Å². The van der Waals surface area contributed by atoms with Crippen molar-refractivity contribution >= 4 is 11.6 Å². The van der Waals surface area contributed by atoms with Gasteiger partial charge in [-0.1, -0.05) is 0 Å². The zero-order valence-electron chi connectivity index (χ0n) is 13.3. The third-order valence-electron chi connectivity index (χ3n) is 3.84. The number of nitrogens with one attached hydrogen (secondary N) is 2. The molecule has 1 aromatic heterocycles. The third kappa shape index (κ3) is 4.34. The number of hydrogen-bond donors (Lipinski definition) is 2. The molecule has 0 aliphatic carbocycles. The Morgan fingerprint density at radius 1 is 1.28 bits per heavy atom. The van der Waals surface area contributed by atoms with Crippen molar-refractivity contribution in [2.45, 2.75) is 6.18 Å². The lowest BCUT2D eigenvalue weighted by atomic mass is 10.1. The molecule has 1 aliphatic heterocycles. The summed E-state index contributed by atoms with van der Waals surface area (Å²) in [6, 6.07) is 3.12. The zero-order valence-corrected chi connectivity index (χ0v) is 13.3. The number of anilines is 1. The van der Waals surface area contributed by atoms with Crippen molar-refractivity contribution in [1.82, 2.24) is 25.0 Å². The molecule has 0 spiro atoms. The maximum atomic E-state index is 13.0. The van der Waals surface area contributed by atoms with E-state index < -0.39 is 11.7 Å². The van der Waals surface area contributed by atoms with Crippen LogP contribution in [0.1, 0.15) is 5.56 Å². The first-order valence-corrected chi connectivity index (χ1v) is 7.72. The summed E-state index contributed by atoms with van der Waals surface area (Å²) in [6.45, 7) is 3.11. The van der Waals surface area contributed by atoms with Gasteiger partial charge in [-0.2, -0.15) is 18.3 Å². The Labute approximate surface area is 141 Å². The van der Waals surface area contributed by atoms with Crippen LogP contribution >= 0.6 is 0 Å². The molecule has 0 saturated carbocycles. The van der Waals surface area contributed by atoms with E-state index in [4.69, 9.17) is 0 Å². The number of benzene rings is 1. The van der Waals surface area contributed by atoms with Gasteiger partial charge in [-0.05, 0) is 18.2 Å². The van der Waals surface area contributed by atoms with E-state index in [0.29, 0.717) is 18.8 Å². The fourth-order valence-corrected chi connectivity index (χ4v) is 2.61. The van der Waals surface area contributed by atoms with E-state index >= 15 is 0 Å². The van der Waals surface area contributed by atoms with Gasteiger partial charge in [0, 0.05) is 26.2 Å². The summed E-state index contributed by atoms with van der Waals surface area (Å²) in [5.41, 5.74) is -0.478. The molecule has 7 nitrogen and oxygen atoms in total. The molecule has 10 heteroatoms. The number of piperazine rings is 1. The lowest BCUT2D eigenvalue weighted by Gasteiger charge is -2.26. The van der Waals surface area contributed by atoms with E-state index in [1.807, 2.05) is 4.90 Å². The van der Waals surface area contributed by atoms with Gasteiger partial charge in [0.15, 0.2) is 0 Å². The first-order valence-electron chi connectivity index (χ1n) is 7.72. The molecule has 3 rings (SSSR count). The molecule has 1 fully saturated rings. The van der Waals surface area contributed by atoms with E-state index in [1.165, 1.54) is 23.4 Å². The Morgan fingerprint density at radius 3 is 2.68 bits per heavy atom. The Balaban J connectivity index is 1.82. The minimum absolute atomic E-state index is 0.0421. The molecule has 0 bridgehead atoms. The van der Waals surface area contributed by atoms with Crippen molar-refractivity contribution in [3.8, 4) is 5.69 Å². The van der Waals surface area contributed by atoms with Crippen LogP contribution < -0.4 is 10.6 Å². The van der Waals surface area contributed by atoms with Crippen LogP contribution in [0.5, 0.6) is 0 Å². The number of alkyl halides is 3. The molecular formula is C15H17F3N6O. The predicted molar refractivity (Wildman–Crippen MR) is 84.3 cm³/mol. The van der Waals surface area contributed by atoms with Crippen LogP contribution in [0.2, 0.25) is 0 Å². The van der Waals surface area contributed by atoms with E-state index in [2.05, 4.69) is 20.7 Å². The first kappa shape index (κ1) is 17.4. The highest BCUT2D eigenvalue weighted by atomic mass is 19.4. The maximum absolute atomic E-state index is 13.0. The minimum Gasteiger partial charge on any atom is -0.323 e. The Bertz CT molecular complexity index is 725. The topological polar surface area (TPSA) is 75.1 Å². The summed E-state index contributed by atoms with van der Waals surface area (Å²) < 4.78 is 40.3. The summed E-state index contributed by atoms with van der Waals surface area (Å²) in [6.07, 6.45) is -1.88. The minimum atomic E-state index is -4.50. The van der Waals surface area contributed by atoms with Crippen LogP contribution in [0.25, 0.3) is 5.69 Å². The number of nitrogens with zero attached hydrogens (tertiary/aromatic N) is 4. The Kier molecular flexibility index (Phi) is 5.00. The van der Waals surface area contributed by atoms with Crippen LogP contribution in [0.15, 0.2) is 30.9 Å². The Morgan fingerprint density at radius 2 is 2.04 bits per heavy atom. The standard InChI is InChI=1S/C15H17F3N6O/c16-15(17,18)11-1-2-13(24-10-20-9-21-24)12(7-11)22-14(25)8-23-5-3-19-4-6-23/h1-2,7,9-10,19H,3-6,8H2,(H,22,25). The predicted octanol–water partition coefficient (Wildman–Crippen LogP) is 1.13. The second-order valence-electron chi connectivity index (χ2n) is 5.64. The molecule has 1 aromatic carbocycles. The van der Waals surface area contributed by atoms with Gasteiger partial charge in [0.1, 0.15) is 12.7 Å². The van der Waals surface area contributed by atoms with Crippen molar-refractivity contribution in [2.75, 3.05) is 38.0 Å². The molecule has 134 valence electrons. The number of aromatic nitrogens is 3. The molecule has 0 unspecified atom stereocenters. The number of halogens is 3. The second kappa shape index (κ2) is 7.19. The fourth-order valence-electron chi connectivity index (χ4n) is 2.61. The molecule has 0 atom stereocenters. The van der Waals surface area contributed by atoms with E-state index in [-0.39, 0.29) is 18.1 Å². The van der Waals surface area contributed by atoms with Gasteiger partial charge in [-0.3, -0.25) is 9.69 Å². The van der Waals surface area contributed by atoms with Crippen molar-refractivity contribution in [1.29, 1.82) is 0 Å². The summed E-state index contributed by atoms with van der Waals surface area (Å²) in [7, 11) is 0. The summed E-state index contributed by atoms with van der Waals surface area (Å²) in [4.78, 5) is 18.0. The second-order valence-corrected chi connectivity index (χ2v) is 5.64. The van der Waals surface area contributed by atoms with Crippen LogP contribution in [0, 0.1) is 0 Å². The van der Waals surface area contributed by atoms with E-state index in [1.54, 1.807) is 0 Å². The highest BCUT2D eigenvalue weighted by Crippen LogP contribution is 2.33. The highest BCUT2D eigenvalue weighted by molar-refractivity contribution is 5.94. The van der Waals surface area contributed by atoms with Gasteiger partial charge < -0.3 is 10.6 Å². The molecule has 1 aliphatic rings. The fraction of sp³-hybridized carbons (Fsp3) is 0.400. The average molecular weight is 354 g/mol. The van der Waals surface area contributed by atoms with Gasteiger partial charge >= 0.3 is 6.18 Å². The number of carbonyl (C=O) groups excluding carboxylic acids is 1. The molecule has 2 heterocycles. The molecule has 2 aromatic rings. The molecule has 2 N–H and O–H groups in total. The van der Waals surface area contributed by atoms with Crippen LogP contribution in [-0.2, 0) is 11.0 Å². The average Bonchev–Trinajstić information content (AvgIpc) is 3.09. The first-order chi connectivity index (χ1) is 11.9. The summed E-state index contributed by atoms with van der Waals surface area (Å²) in [5, 5.41) is 9.66. The number of hydrogen-bond acceptors (Lipinski definition) is 5. The SMILES string of the molecule is O=C(CN1CCNCC1)Nc1cc(C(F)(F)F)ccc1-n1cncn1. The largest absolute Gasteiger partial charge is 0.416 e. The molecule has 1 saturated heterocycles. The van der Waals surface area contributed by atoms with E-state index in [9.17, 15) is 18.0 Å². The number of amides is 1. The molecule has 1 amide bonds. The van der Waals surface area contributed by atoms with Gasteiger partial charge in [0.2, 0.25) is 5.91 Å². The van der Waals surface area contributed by atoms with Crippen LogP contribution in [-0.4, -0.2) is 58.3 Å². The normalized spacial score (nSPS) is 16.0. The van der Waals surface area contributed by atoms with Crippen LogP contribution in [0.3, 0.4) is 0 Å². The van der Waals surface area contributed by atoms with Gasteiger partial charge in [0.05, 0.1) is 23.5 Å². The van der Waals surface area contributed by atoms with Gasteiger partial charge in [-0.25, -0.2) is 9.67 Å². The van der Waals surface area contributed by atoms with Crippen molar-refractivity contribution in [2.24, 2.45) is 0 Å². The maximum Gasteiger partial charge on any atom is 0.416 e. The quantitative estimate of drug-likeness (QED) is 0.861. The third-order valence-corrected chi connectivity index (χ3v) is 3.84. The van der Waals surface area contributed by atoms with Crippen molar-refractivity contribution < 1.29 is 18.0 Å². The van der Waals surface area contributed by atoms with Gasteiger partial charge in [-0.15, -0.1) is 0 Å². The van der Waals surface area contributed by atoms with Crippen LogP contribution in [0.4, 0.5) is 18.9 Å².